The quantitative estimate of drug-likeness (QED) is 0.858. The second-order valence-electron chi connectivity index (χ2n) is 5.70. The molecule has 126 valence electrons. The summed E-state index contributed by atoms with van der Waals surface area (Å²) in [5.41, 5.74) is 4.15. The van der Waals surface area contributed by atoms with E-state index in [0.717, 1.165) is 16.7 Å². The summed E-state index contributed by atoms with van der Waals surface area (Å²) < 4.78 is 5.11. The number of anilines is 1. The fraction of sp³-hybridized carbons (Fsp3) is 0.263. The van der Waals surface area contributed by atoms with Crippen molar-refractivity contribution in [1.82, 2.24) is 5.32 Å². The van der Waals surface area contributed by atoms with Crippen molar-refractivity contribution in [2.45, 2.75) is 20.5 Å². The standard InChI is InChI=1S/C19H22N2O3/c1-13-8-14(2)10-16(9-13)19(23)20-11-18(22)21-17-7-5-4-6-15(17)12-24-3/h4-10H,11-12H2,1-3H3,(H,20,23)(H,21,22). The van der Waals surface area contributed by atoms with E-state index in [4.69, 9.17) is 4.74 Å². The Labute approximate surface area is 142 Å². The van der Waals surface area contributed by atoms with Crippen molar-refractivity contribution >= 4 is 17.5 Å². The Morgan fingerprint density at radius 3 is 2.38 bits per heavy atom. The van der Waals surface area contributed by atoms with Crippen LogP contribution in [0.5, 0.6) is 0 Å². The highest BCUT2D eigenvalue weighted by molar-refractivity contribution is 5.99. The van der Waals surface area contributed by atoms with Crippen LogP contribution in [0.3, 0.4) is 0 Å². The van der Waals surface area contributed by atoms with Gasteiger partial charge in [0.15, 0.2) is 0 Å². The van der Waals surface area contributed by atoms with Crippen molar-refractivity contribution in [2.24, 2.45) is 0 Å². The highest BCUT2D eigenvalue weighted by Crippen LogP contribution is 2.15. The first-order chi connectivity index (χ1) is 11.5. The molecule has 0 unspecified atom stereocenters. The molecule has 2 aromatic carbocycles. The van der Waals surface area contributed by atoms with E-state index < -0.39 is 0 Å². The number of benzene rings is 2. The number of carbonyl (C=O) groups is 2. The maximum absolute atomic E-state index is 12.2. The van der Waals surface area contributed by atoms with E-state index in [2.05, 4.69) is 10.6 Å². The summed E-state index contributed by atoms with van der Waals surface area (Å²) >= 11 is 0. The molecule has 0 saturated heterocycles. The van der Waals surface area contributed by atoms with Crippen LogP contribution in [0.4, 0.5) is 5.69 Å². The van der Waals surface area contributed by atoms with E-state index in [1.807, 2.05) is 38.1 Å². The smallest absolute Gasteiger partial charge is 0.251 e. The Morgan fingerprint density at radius 2 is 1.71 bits per heavy atom. The summed E-state index contributed by atoms with van der Waals surface area (Å²) in [6.45, 7) is 4.19. The topological polar surface area (TPSA) is 67.4 Å². The molecular formula is C19H22N2O3. The van der Waals surface area contributed by atoms with E-state index >= 15 is 0 Å². The number of hydrogen-bond acceptors (Lipinski definition) is 3. The molecule has 0 fully saturated rings. The molecular weight excluding hydrogens is 304 g/mol. The van der Waals surface area contributed by atoms with Gasteiger partial charge in [0.05, 0.1) is 13.2 Å². The van der Waals surface area contributed by atoms with Gasteiger partial charge in [-0.3, -0.25) is 9.59 Å². The van der Waals surface area contributed by atoms with Crippen molar-refractivity contribution in [3.05, 3.63) is 64.7 Å². The number of nitrogens with one attached hydrogen (secondary N) is 2. The van der Waals surface area contributed by atoms with Gasteiger partial charge in [0.1, 0.15) is 0 Å². The van der Waals surface area contributed by atoms with E-state index in [-0.39, 0.29) is 18.4 Å². The zero-order chi connectivity index (χ0) is 17.5. The molecule has 2 N–H and O–H groups in total. The van der Waals surface area contributed by atoms with Gasteiger partial charge in [0, 0.05) is 23.9 Å². The summed E-state index contributed by atoms with van der Waals surface area (Å²) in [4.78, 5) is 24.2. The summed E-state index contributed by atoms with van der Waals surface area (Å²) in [6.07, 6.45) is 0. The Hall–Kier alpha value is -2.66. The van der Waals surface area contributed by atoms with Crippen LogP contribution in [0.15, 0.2) is 42.5 Å². The average Bonchev–Trinajstić information content (AvgIpc) is 2.54. The Kier molecular flexibility index (Phi) is 6.09. The van der Waals surface area contributed by atoms with Crippen LogP contribution in [-0.4, -0.2) is 25.5 Å². The van der Waals surface area contributed by atoms with Gasteiger partial charge in [0.25, 0.3) is 5.91 Å². The maximum Gasteiger partial charge on any atom is 0.251 e. The zero-order valence-corrected chi connectivity index (χ0v) is 14.2. The molecule has 0 heterocycles. The molecule has 0 aromatic heterocycles. The summed E-state index contributed by atoms with van der Waals surface area (Å²) in [5.74, 6) is -0.543. The average molecular weight is 326 g/mol. The Balaban J connectivity index is 1.95. The molecule has 0 atom stereocenters. The molecule has 2 amide bonds. The van der Waals surface area contributed by atoms with Crippen LogP contribution >= 0.6 is 0 Å². The Morgan fingerprint density at radius 1 is 1.04 bits per heavy atom. The number of rotatable bonds is 6. The molecule has 2 rings (SSSR count). The van der Waals surface area contributed by atoms with Crippen LogP contribution in [-0.2, 0) is 16.1 Å². The number of amides is 2. The third kappa shape index (κ3) is 4.93. The number of carbonyl (C=O) groups excluding carboxylic acids is 2. The molecule has 2 aromatic rings. The molecule has 5 heteroatoms. The Bertz CT molecular complexity index is 721. The van der Waals surface area contributed by atoms with Crippen molar-refractivity contribution in [1.29, 1.82) is 0 Å². The van der Waals surface area contributed by atoms with Crippen LogP contribution in [0.1, 0.15) is 27.0 Å². The summed E-state index contributed by atoms with van der Waals surface area (Å²) in [6, 6.07) is 13.0. The van der Waals surface area contributed by atoms with Crippen LogP contribution in [0.2, 0.25) is 0 Å². The van der Waals surface area contributed by atoms with Crippen LogP contribution in [0.25, 0.3) is 0 Å². The highest BCUT2D eigenvalue weighted by Gasteiger charge is 2.10. The van der Waals surface area contributed by atoms with Crippen molar-refractivity contribution in [2.75, 3.05) is 19.0 Å². The zero-order valence-electron chi connectivity index (χ0n) is 14.2. The largest absolute Gasteiger partial charge is 0.380 e. The van der Waals surface area contributed by atoms with Gasteiger partial charge >= 0.3 is 0 Å². The molecule has 0 bridgehead atoms. The lowest BCUT2D eigenvalue weighted by Gasteiger charge is -2.11. The number of aryl methyl sites for hydroxylation is 2. The second kappa shape index (κ2) is 8.26. The number of para-hydroxylation sites is 1. The van der Waals surface area contributed by atoms with E-state index in [9.17, 15) is 9.59 Å². The number of ether oxygens (including phenoxy) is 1. The first-order valence-corrected chi connectivity index (χ1v) is 7.73. The second-order valence-corrected chi connectivity index (χ2v) is 5.70. The van der Waals surface area contributed by atoms with Gasteiger partial charge in [-0.2, -0.15) is 0 Å². The highest BCUT2D eigenvalue weighted by atomic mass is 16.5. The molecule has 0 aliphatic rings. The monoisotopic (exact) mass is 326 g/mol. The molecule has 0 radical (unpaired) electrons. The third-order valence-electron chi connectivity index (χ3n) is 3.48. The van der Waals surface area contributed by atoms with Crippen LogP contribution < -0.4 is 10.6 Å². The van der Waals surface area contributed by atoms with Crippen molar-refractivity contribution < 1.29 is 14.3 Å². The molecule has 0 aliphatic heterocycles. The predicted molar refractivity (Wildman–Crippen MR) is 94.0 cm³/mol. The normalized spacial score (nSPS) is 10.3. The third-order valence-corrected chi connectivity index (χ3v) is 3.48. The van der Waals surface area contributed by atoms with Gasteiger partial charge in [-0.25, -0.2) is 0 Å². The van der Waals surface area contributed by atoms with E-state index in [1.54, 1.807) is 25.3 Å². The van der Waals surface area contributed by atoms with Crippen LogP contribution in [0, 0.1) is 13.8 Å². The van der Waals surface area contributed by atoms with Gasteiger partial charge < -0.3 is 15.4 Å². The minimum absolute atomic E-state index is 0.0901. The van der Waals surface area contributed by atoms with E-state index in [0.29, 0.717) is 17.9 Å². The van der Waals surface area contributed by atoms with Gasteiger partial charge in [-0.15, -0.1) is 0 Å². The van der Waals surface area contributed by atoms with Gasteiger partial charge in [-0.1, -0.05) is 35.4 Å². The molecule has 0 saturated carbocycles. The molecule has 5 nitrogen and oxygen atoms in total. The molecule has 0 spiro atoms. The minimum atomic E-state index is -0.281. The summed E-state index contributed by atoms with van der Waals surface area (Å²) in [5, 5.41) is 5.43. The van der Waals surface area contributed by atoms with E-state index in [1.165, 1.54) is 0 Å². The summed E-state index contributed by atoms with van der Waals surface area (Å²) in [7, 11) is 1.60. The fourth-order valence-electron chi connectivity index (χ4n) is 2.49. The SMILES string of the molecule is COCc1ccccc1NC(=O)CNC(=O)c1cc(C)cc(C)c1. The van der Waals surface area contributed by atoms with Gasteiger partial charge in [-0.05, 0) is 32.0 Å². The number of hydrogen-bond donors (Lipinski definition) is 2. The predicted octanol–water partition coefficient (Wildman–Crippen LogP) is 2.82. The van der Waals surface area contributed by atoms with Crippen molar-refractivity contribution in [3.8, 4) is 0 Å². The first kappa shape index (κ1) is 17.7. The first-order valence-electron chi connectivity index (χ1n) is 7.73. The maximum atomic E-state index is 12.2. The fourth-order valence-corrected chi connectivity index (χ4v) is 2.49. The molecule has 24 heavy (non-hydrogen) atoms. The van der Waals surface area contributed by atoms with Gasteiger partial charge in [0.2, 0.25) is 5.91 Å². The lowest BCUT2D eigenvalue weighted by Crippen LogP contribution is -2.33. The number of methoxy groups -OCH3 is 1. The molecule has 0 aliphatic carbocycles. The lowest BCUT2D eigenvalue weighted by atomic mass is 10.1. The lowest BCUT2D eigenvalue weighted by molar-refractivity contribution is -0.115. The van der Waals surface area contributed by atoms with Crippen molar-refractivity contribution in [3.63, 3.8) is 0 Å². The minimum Gasteiger partial charge on any atom is -0.380 e.